The van der Waals surface area contributed by atoms with Crippen LogP contribution in [0.3, 0.4) is 0 Å². The van der Waals surface area contributed by atoms with Gasteiger partial charge in [0.15, 0.2) is 0 Å². The van der Waals surface area contributed by atoms with Crippen molar-refractivity contribution in [2.24, 2.45) is 9.98 Å². The highest BCUT2D eigenvalue weighted by Crippen LogP contribution is 2.22. The van der Waals surface area contributed by atoms with Crippen LogP contribution in [0.1, 0.15) is 51.2 Å². The first kappa shape index (κ1) is 25.5. The van der Waals surface area contributed by atoms with Gasteiger partial charge in [-0.15, -0.1) is 0 Å². The number of allylic oxidation sites excluding steroid dienone is 2. The molecule has 0 aliphatic carbocycles. The minimum Gasteiger partial charge on any atom is -0.351 e. The average molecular weight is 411 g/mol. The van der Waals surface area contributed by atoms with Crippen LogP contribution in [-0.2, 0) is 11.2 Å². The summed E-state index contributed by atoms with van der Waals surface area (Å²) >= 11 is 0. The van der Waals surface area contributed by atoms with Crippen LogP contribution in [0.4, 0.5) is 0 Å². The first-order valence-electron chi connectivity index (χ1n) is 10.7. The smallest absolute Gasteiger partial charge is 0.265 e. The van der Waals surface area contributed by atoms with Gasteiger partial charge >= 0.3 is 0 Å². The number of hydrogen-bond donors (Lipinski definition) is 1. The molecule has 5 heteroatoms. The Kier molecular flexibility index (Phi) is 11.6. The summed E-state index contributed by atoms with van der Waals surface area (Å²) in [5.41, 5.74) is 5.48. The number of amides is 1. The van der Waals surface area contributed by atoms with Crippen molar-refractivity contribution >= 4 is 17.8 Å². The highest BCUT2D eigenvalue weighted by atomic mass is 16.1. The Morgan fingerprint density at radius 1 is 1.20 bits per heavy atom. The van der Waals surface area contributed by atoms with Crippen molar-refractivity contribution in [1.29, 1.82) is 0 Å². The van der Waals surface area contributed by atoms with Crippen molar-refractivity contribution < 1.29 is 4.79 Å². The minimum absolute atomic E-state index is 0.146. The van der Waals surface area contributed by atoms with Crippen LogP contribution in [0, 0.1) is 6.92 Å². The molecule has 164 valence electrons. The molecular weight excluding hydrogens is 372 g/mol. The number of nitrogens with one attached hydrogen (secondary N) is 1. The van der Waals surface area contributed by atoms with Crippen LogP contribution in [-0.4, -0.2) is 49.9 Å². The Balaban J connectivity index is 2.90. The average Bonchev–Trinajstić information content (AvgIpc) is 2.69. The first-order valence-corrected chi connectivity index (χ1v) is 10.7. The van der Waals surface area contributed by atoms with Crippen molar-refractivity contribution in [3.63, 3.8) is 0 Å². The first-order chi connectivity index (χ1) is 14.3. The molecule has 0 spiro atoms. The fraction of sp³-hybridized carbons (Fsp3) is 0.480. The Hall–Kier alpha value is -2.53. The van der Waals surface area contributed by atoms with E-state index in [1.54, 1.807) is 13.1 Å². The molecular formula is C25H38N4O. The van der Waals surface area contributed by atoms with Crippen molar-refractivity contribution in [2.45, 2.75) is 53.4 Å². The zero-order valence-corrected chi connectivity index (χ0v) is 19.6. The van der Waals surface area contributed by atoms with Crippen molar-refractivity contribution in [2.75, 3.05) is 27.2 Å². The van der Waals surface area contributed by atoms with Gasteiger partial charge in [-0.3, -0.25) is 9.79 Å². The van der Waals surface area contributed by atoms with Gasteiger partial charge in [0.2, 0.25) is 0 Å². The normalized spacial score (nSPS) is 13.0. The molecule has 1 rings (SSSR count). The number of benzene rings is 1. The molecule has 1 amide bonds. The molecule has 0 aromatic heterocycles. The van der Waals surface area contributed by atoms with Crippen molar-refractivity contribution in [3.8, 4) is 0 Å². The molecule has 0 fully saturated rings. The lowest BCUT2D eigenvalue weighted by molar-refractivity contribution is -0.114. The van der Waals surface area contributed by atoms with E-state index in [-0.39, 0.29) is 5.91 Å². The van der Waals surface area contributed by atoms with Gasteiger partial charge in [-0.25, -0.2) is 4.99 Å². The maximum Gasteiger partial charge on any atom is 0.265 e. The van der Waals surface area contributed by atoms with Gasteiger partial charge in [0.05, 0.1) is 11.4 Å². The third kappa shape index (κ3) is 9.31. The molecule has 1 N–H and O–H groups in total. The molecule has 0 aliphatic rings. The molecule has 5 nitrogen and oxygen atoms in total. The van der Waals surface area contributed by atoms with E-state index in [1.165, 1.54) is 11.1 Å². The molecule has 0 bridgehead atoms. The van der Waals surface area contributed by atoms with Crippen LogP contribution in [0.25, 0.3) is 0 Å². The summed E-state index contributed by atoms with van der Waals surface area (Å²) in [5.74, 6) is -0.146. The molecule has 0 saturated heterocycles. The molecule has 0 unspecified atom stereocenters. The molecule has 30 heavy (non-hydrogen) atoms. The second-order valence-electron chi connectivity index (χ2n) is 7.85. The number of carbonyl (C=O) groups excluding carboxylic acids is 1. The van der Waals surface area contributed by atoms with Crippen molar-refractivity contribution in [3.05, 3.63) is 58.9 Å². The molecule has 0 heterocycles. The summed E-state index contributed by atoms with van der Waals surface area (Å²) in [5, 5.41) is 2.94. The number of aliphatic imine (C=N–C) groups is 2. The van der Waals surface area contributed by atoms with Gasteiger partial charge in [-0.1, -0.05) is 30.8 Å². The number of carbonyl (C=O) groups is 1. The highest BCUT2D eigenvalue weighted by molar-refractivity contribution is 6.38. The SMILES string of the molecule is C=C(C)/C(N=C(C)C(=O)NCCCN(C)C)=C(/CCCc1ccccc1C)N=CC. The second-order valence-corrected chi connectivity index (χ2v) is 7.85. The summed E-state index contributed by atoms with van der Waals surface area (Å²) < 4.78 is 0. The monoisotopic (exact) mass is 410 g/mol. The third-order valence-electron chi connectivity index (χ3n) is 4.76. The summed E-state index contributed by atoms with van der Waals surface area (Å²) in [6, 6.07) is 8.45. The molecule has 1 aromatic rings. The maximum absolute atomic E-state index is 12.4. The quantitative estimate of drug-likeness (QED) is 0.308. The van der Waals surface area contributed by atoms with E-state index in [0.717, 1.165) is 43.5 Å². The van der Waals surface area contributed by atoms with Crippen LogP contribution in [0.2, 0.25) is 0 Å². The lowest BCUT2D eigenvalue weighted by atomic mass is 10.0. The van der Waals surface area contributed by atoms with Crippen LogP contribution < -0.4 is 5.32 Å². The maximum atomic E-state index is 12.4. The lowest BCUT2D eigenvalue weighted by Gasteiger charge is -2.12. The topological polar surface area (TPSA) is 57.1 Å². The Morgan fingerprint density at radius 2 is 1.90 bits per heavy atom. The molecule has 0 saturated carbocycles. The standard InChI is InChI=1S/C25H38N4O/c1-8-26-23(16-11-15-22-14-10-9-13-20(22)4)24(19(2)3)28-21(5)25(30)27-17-12-18-29(6)7/h8-10,13-14H,2,11-12,15-18H2,1,3-7H3,(H,27,30)/b24-23+,26-8?,28-21?. The van der Waals surface area contributed by atoms with E-state index >= 15 is 0 Å². The van der Waals surface area contributed by atoms with Gasteiger partial charge in [0.25, 0.3) is 5.91 Å². The number of hydrogen-bond acceptors (Lipinski definition) is 4. The van der Waals surface area contributed by atoms with Crippen LogP contribution in [0.15, 0.2) is 57.8 Å². The molecule has 0 aliphatic heterocycles. The van der Waals surface area contributed by atoms with Gasteiger partial charge in [-0.05, 0) is 90.7 Å². The fourth-order valence-corrected chi connectivity index (χ4v) is 3.09. The van der Waals surface area contributed by atoms with Gasteiger partial charge in [-0.2, -0.15) is 0 Å². The van der Waals surface area contributed by atoms with E-state index in [1.807, 2.05) is 27.9 Å². The summed E-state index contributed by atoms with van der Waals surface area (Å²) in [4.78, 5) is 23.7. The van der Waals surface area contributed by atoms with Gasteiger partial charge in [0, 0.05) is 12.8 Å². The summed E-state index contributed by atoms with van der Waals surface area (Å²) in [6.45, 7) is 13.3. The van der Waals surface area contributed by atoms with E-state index in [2.05, 4.69) is 58.0 Å². The van der Waals surface area contributed by atoms with E-state index in [9.17, 15) is 4.79 Å². The zero-order valence-electron chi connectivity index (χ0n) is 19.6. The van der Waals surface area contributed by atoms with E-state index < -0.39 is 0 Å². The number of aryl methyl sites for hydroxylation is 2. The van der Waals surface area contributed by atoms with Crippen LogP contribution >= 0.6 is 0 Å². The van der Waals surface area contributed by atoms with E-state index in [4.69, 9.17) is 0 Å². The van der Waals surface area contributed by atoms with E-state index in [0.29, 0.717) is 18.0 Å². The van der Waals surface area contributed by atoms with Gasteiger partial charge < -0.3 is 10.2 Å². The lowest BCUT2D eigenvalue weighted by Crippen LogP contribution is -2.31. The van der Waals surface area contributed by atoms with Crippen molar-refractivity contribution in [1.82, 2.24) is 10.2 Å². The minimum atomic E-state index is -0.146. The molecule has 1 aromatic carbocycles. The highest BCUT2D eigenvalue weighted by Gasteiger charge is 2.11. The third-order valence-corrected chi connectivity index (χ3v) is 4.76. The Morgan fingerprint density at radius 3 is 2.50 bits per heavy atom. The number of rotatable bonds is 12. The fourth-order valence-electron chi connectivity index (χ4n) is 3.09. The predicted octanol–water partition coefficient (Wildman–Crippen LogP) is 4.72. The summed E-state index contributed by atoms with van der Waals surface area (Å²) in [7, 11) is 4.04. The van der Waals surface area contributed by atoms with Crippen LogP contribution in [0.5, 0.6) is 0 Å². The Bertz CT molecular complexity index is 803. The van der Waals surface area contributed by atoms with Gasteiger partial charge in [0.1, 0.15) is 5.71 Å². The summed E-state index contributed by atoms with van der Waals surface area (Å²) in [6.07, 6.45) is 5.40. The predicted molar refractivity (Wildman–Crippen MR) is 129 cm³/mol. The largest absolute Gasteiger partial charge is 0.351 e. The molecule has 0 radical (unpaired) electrons. The Labute approximate surface area is 182 Å². The molecule has 0 atom stereocenters. The second kappa shape index (κ2) is 13.6. The zero-order chi connectivity index (χ0) is 22.5. The number of nitrogens with zero attached hydrogens (tertiary/aromatic N) is 3.